The van der Waals surface area contributed by atoms with Crippen molar-refractivity contribution in [2.24, 2.45) is 0 Å². The van der Waals surface area contributed by atoms with Gasteiger partial charge in [0.15, 0.2) is 0 Å². The first-order chi connectivity index (χ1) is 8.83. The second kappa shape index (κ2) is 4.94. The molecule has 2 heterocycles. The zero-order valence-electron chi connectivity index (χ0n) is 10.7. The van der Waals surface area contributed by atoms with Gasteiger partial charge in [-0.15, -0.1) is 0 Å². The number of likely N-dealkylation sites (tertiary alicyclic amines) is 1. The minimum atomic E-state index is 0.552. The van der Waals surface area contributed by atoms with Crippen LogP contribution in [0, 0.1) is 0 Å². The van der Waals surface area contributed by atoms with Crippen LogP contribution in [0.2, 0.25) is 0 Å². The van der Waals surface area contributed by atoms with Crippen LogP contribution in [0.25, 0.3) is 10.9 Å². The van der Waals surface area contributed by atoms with Crippen LogP contribution in [-0.2, 0) is 0 Å². The van der Waals surface area contributed by atoms with Crippen LogP contribution in [0.1, 0.15) is 12.8 Å². The van der Waals surface area contributed by atoms with Gasteiger partial charge in [0.25, 0.3) is 0 Å². The van der Waals surface area contributed by atoms with Gasteiger partial charge in [-0.3, -0.25) is 4.98 Å². The maximum atomic E-state index is 5.86. The Kier molecular flexibility index (Phi) is 3.15. The van der Waals surface area contributed by atoms with E-state index in [1.807, 2.05) is 24.4 Å². The molecule has 1 aromatic heterocycles. The van der Waals surface area contributed by atoms with E-state index in [0.29, 0.717) is 6.04 Å². The lowest BCUT2D eigenvalue weighted by Gasteiger charge is -2.19. The highest BCUT2D eigenvalue weighted by Gasteiger charge is 2.21. The van der Waals surface area contributed by atoms with E-state index >= 15 is 0 Å². The topological polar surface area (TPSA) is 25.4 Å². The van der Waals surface area contributed by atoms with Crippen molar-refractivity contribution in [2.75, 3.05) is 20.2 Å². The minimum absolute atomic E-state index is 0.552. The molecule has 0 unspecified atom stereocenters. The molecule has 2 aromatic rings. The molecule has 0 radical (unpaired) electrons. The lowest BCUT2D eigenvalue weighted by molar-refractivity contribution is 0.198. The molecule has 0 bridgehead atoms. The fourth-order valence-corrected chi connectivity index (χ4v) is 2.51. The van der Waals surface area contributed by atoms with Gasteiger partial charge in [0.2, 0.25) is 0 Å². The fourth-order valence-electron chi connectivity index (χ4n) is 2.51. The van der Waals surface area contributed by atoms with Crippen molar-refractivity contribution in [1.29, 1.82) is 0 Å². The third-order valence-electron chi connectivity index (χ3n) is 3.68. The van der Waals surface area contributed by atoms with Gasteiger partial charge < -0.3 is 9.64 Å². The largest absolute Gasteiger partial charge is 0.490 e. The van der Waals surface area contributed by atoms with Gasteiger partial charge in [-0.25, -0.2) is 0 Å². The Hall–Kier alpha value is -1.61. The highest BCUT2D eigenvalue weighted by molar-refractivity contribution is 5.79. The average Bonchev–Trinajstić information content (AvgIpc) is 2.82. The molecule has 3 heteroatoms. The summed E-state index contributed by atoms with van der Waals surface area (Å²) in [5.41, 5.74) is 1.02. The highest BCUT2D eigenvalue weighted by Crippen LogP contribution is 2.20. The van der Waals surface area contributed by atoms with E-state index in [1.165, 1.54) is 19.4 Å². The van der Waals surface area contributed by atoms with E-state index < -0.39 is 0 Å². The number of fused-ring (bicyclic) bond motifs is 1. The van der Waals surface area contributed by atoms with E-state index in [2.05, 4.69) is 29.1 Å². The van der Waals surface area contributed by atoms with Crippen LogP contribution >= 0.6 is 0 Å². The summed E-state index contributed by atoms with van der Waals surface area (Å²) in [6.07, 6.45) is 4.33. The summed E-state index contributed by atoms with van der Waals surface area (Å²) in [4.78, 5) is 6.78. The number of pyridine rings is 1. The van der Waals surface area contributed by atoms with E-state index in [4.69, 9.17) is 4.74 Å². The number of ether oxygens (including phenoxy) is 1. The third-order valence-corrected chi connectivity index (χ3v) is 3.68. The number of rotatable bonds is 3. The summed E-state index contributed by atoms with van der Waals surface area (Å²) in [5, 5.41) is 1.13. The number of para-hydroxylation sites is 1. The molecule has 3 nitrogen and oxygen atoms in total. The number of benzene rings is 1. The lowest BCUT2D eigenvalue weighted by atomic mass is 10.2. The van der Waals surface area contributed by atoms with Crippen LogP contribution in [0.3, 0.4) is 0 Å². The molecule has 1 atom stereocenters. The smallest absolute Gasteiger partial charge is 0.138 e. The van der Waals surface area contributed by atoms with Crippen molar-refractivity contribution >= 4 is 10.9 Å². The highest BCUT2D eigenvalue weighted by atomic mass is 16.5. The Bertz CT molecular complexity index is 541. The van der Waals surface area contributed by atoms with Crippen LogP contribution in [-0.4, -0.2) is 36.1 Å². The zero-order chi connectivity index (χ0) is 12.4. The molecule has 3 rings (SSSR count). The summed E-state index contributed by atoms with van der Waals surface area (Å²) < 4.78 is 5.86. The quantitative estimate of drug-likeness (QED) is 0.827. The molecule has 0 aliphatic carbocycles. The molecule has 1 saturated heterocycles. The molecule has 18 heavy (non-hydrogen) atoms. The molecular formula is C15H18N2O. The minimum Gasteiger partial charge on any atom is -0.490 e. The van der Waals surface area contributed by atoms with E-state index in [9.17, 15) is 0 Å². The number of nitrogens with zero attached hydrogens (tertiary/aromatic N) is 2. The SMILES string of the molecule is CN1CCC[C@H]1COc1cnc2ccccc2c1. The Morgan fingerprint density at radius 1 is 1.39 bits per heavy atom. The predicted molar refractivity (Wildman–Crippen MR) is 72.9 cm³/mol. The van der Waals surface area contributed by atoms with Gasteiger partial charge in [-0.05, 0) is 38.6 Å². The molecular weight excluding hydrogens is 224 g/mol. The normalized spacial score (nSPS) is 20.4. The molecule has 1 aliphatic rings. The van der Waals surface area contributed by atoms with Gasteiger partial charge >= 0.3 is 0 Å². The summed E-state index contributed by atoms with van der Waals surface area (Å²) in [6.45, 7) is 1.94. The average molecular weight is 242 g/mol. The molecule has 1 aliphatic heterocycles. The second-order valence-electron chi connectivity index (χ2n) is 4.95. The number of hydrogen-bond donors (Lipinski definition) is 0. The summed E-state index contributed by atoms with van der Waals surface area (Å²) in [7, 11) is 2.17. The number of hydrogen-bond acceptors (Lipinski definition) is 3. The van der Waals surface area contributed by atoms with Gasteiger partial charge in [0.1, 0.15) is 12.4 Å². The van der Waals surface area contributed by atoms with Gasteiger partial charge in [0, 0.05) is 11.4 Å². The molecule has 1 fully saturated rings. The monoisotopic (exact) mass is 242 g/mol. The first-order valence-electron chi connectivity index (χ1n) is 6.51. The second-order valence-corrected chi connectivity index (χ2v) is 4.95. The van der Waals surface area contributed by atoms with Crippen molar-refractivity contribution < 1.29 is 4.74 Å². The van der Waals surface area contributed by atoms with Crippen LogP contribution < -0.4 is 4.74 Å². The molecule has 0 spiro atoms. The Balaban J connectivity index is 1.71. The molecule has 0 saturated carbocycles. The predicted octanol–water partition coefficient (Wildman–Crippen LogP) is 2.71. The maximum Gasteiger partial charge on any atom is 0.138 e. The fraction of sp³-hybridized carbons (Fsp3) is 0.400. The van der Waals surface area contributed by atoms with Crippen molar-refractivity contribution in [1.82, 2.24) is 9.88 Å². The van der Waals surface area contributed by atoms with E-state index in [-0.39, 0.29) is 0 Å². The molecule has 1 aromatic carbocycles. The standard InChI is InChI=1S/C15H18N2O/c1-17-8-4-6-13(17)11-18-14-9-12-5-2-3-7-15(12)16-10-14/h2-3,5,7,9-10,13H,4,6,8,11H2,1H3/t13-/m0/s1. The summed E-state index contributed by atoms with van der Waals surface area (Å²) in [5.74, 6) is 0.869. The van der Waals surface area contributed by atoms with E-state index in [0.717, 1.165) is 23.3 Å². The third kappa shape index (κ3) is 2.31. The number of aromatic nitrogens is 1. The van der Waals surface area contributed by atoms with Crippen molar-refractivity contribution in [3.05, 3.63) is 36.5 Å². The first kappa shape index (κ1) is 11.5. The zero-order valence-corrected chi connectivity index (χ0v) is 10.7. The Morgan fingerprint density at radius 2 is 2.28 bits per heavy atom. The summed E-state index contributed by atoms with van der Waals surface area (Å²) >= 11 is 0. The molecule has 0 amide bonds. The maximum absolute atomic E-state index is 5.86. The van der Waals surface area contributed by atoms with E-state index in [1.54, 1.807) is 0 Å². The van der Waals surface area contributed by atoms with Crippen LogP contribution in [0.15, 0.2) is 36.5 Å². The van der Waals surface area contributed by atoms with Gasteiger partial charge in [0.05, 0.1) is 11.7 Å². The van der Waals surface area contributed by atoms with Crippen molar-refractivity contribution in [3.8, 4) is 5.75 Å². The Morgan fingerprint density at radius 3 is 3.11 bits per heavy atom. The summed E-state index contributed by atoms with van der Waals surface area (Å²) in [6, 6.07) is 10.7. The van der Waals surface area contributed by atoms with Crippen molar-refractivity contribution in [3.63, 3.8) is 0 Å². The van der Waals surface area contributed by atoms with Crippen LogP contribution in [0.4, 0.5) is 0 Å². The van der Waals surface area contributed by atoms with Gasteiger partial charge in [-0.1, -0.05) is 18.2 Å². The molecule has 0 N–H and O–H groups in total. The number of likely N-dealkylation sites (N-methyl/N-ethyl adjacent to an activating group) is 1. The molecule has 94 valence electrons. The Labute approximate surface area is 107 Å². The first-order valence-corrected chi connectivity index (χ1v) is 6.51. The lowest BCUT2D eigenvalue weighted by Crippen LogP contribution is -2.30. The van der Waals surface area contributed by atoms with Gasteiger partial charge in [-0.2, -0.15) is 0 Å². The van der Waals surface area contributed by atoms with Crippen molar-refractivity contribution in [2.45, 2.75) is 18.9 Å². The van der Waals surface area contributed by atoms with Crippen LogP contribution in [0.5, 0.6) is 5.75 Å².